The molecule has 0 spiro atoms. The van der Waals surface area contributed by atoms with Gasteiger partial charge in [0.05, 0.1) is 5.60 Å². The van der Waals surface area contributed by atoms with Gasteiger partial charge in [0.25, 0.3) is 11.5 Å². The van der Waals surface area contributed by atoms with Crippen LogP contribution in [0, 0.1) is 5.92 Å². The topological polar surface area (TPSA) is 149 Å². The Hall–Kier alpha value is -3.17. The molecule has 190 valence electrons. The molecule has 0 radical (unpaired) electrons. The molecule has 6 rings (SSSR count). The summed E-state index contributed by atoms with van der Waals surface area (Å²) >= 11 is 0. The van der Waals surface area contributed by atoms with E-state index in [9.17, 15) is 24.6 Å². The van der Waals surface area contributed by atoms with Gasteiger partial charge in [-0.25, -0.2) is 0 Å². The van der Waals surface area contributed by atoms with Gasteiger partial charge >= 0.3 is 0 Å². The number of hydrogen-bond acceptors (Lipinski definition) is 6. The fraction of sp³-hybridized carbons (Fsp3) is 0.519. The summed E-state index contributed by atoms with van der Waals surface area (Å²) in [6.45, 7) is 3.28. The number of benzene rings is 1. The van der Waals surface area contributed by atoms with Crippen LogP contribution >= 0.6 is 0 Å². The number of phenols is 1. The predicted octanol–water partition coefficient (Wildman–Crippen LogP) is 0.492. The standard InChI is InChI=1S/C27H32N4O5/c1-14(23(28)33)29-24(34)19-8-17-11-27(36)22-9-16-4-5-18(32)10-20(16)26(27,12-21(17)30-25(19)35)6-7-31(22)13-15-2-3-15/h4-5,8,10,14-15,22,32,36H,2-3,6-7,9,11-13H2,1H3,(H2,28,33)(H,29,34)(H,30,35)/t14?,22-,26-,27-/m1/s1. The molecule has 1 saturated heterocycles. The molecule has 2 heterocycles. The second-order valence-electron chi connectivity index (χ2n) is 11.2. The number of aromatic amines is 1. The molecule has 1 aliphatic heterocycles. The largest absolute Gasteiger partial charge is 0.508 e. The van der Waals surface area contributed by atoms with E-state index in [1.807, 2.05) is 6.07 Å². The molecule has 2 bridgehead atoms. The Morgan fingerprint density at radius 2 is 2.03 bits per heavy atom. The number of piperidine rings is 1. The summed E-state index contributed by atoms with van der Waals surface area (Å²) in [5.74, 6) is -0.523. The van der Waals surface area contributed by atoms with Crippen LogP contribution in [0.1, 0.15) is 58.9 Å². The van der Waals surface area contributed by atoms with Crippen LogP contribution in [-0.4, -0.2) is 62.7 Å². The van der Waals surface area contributed by atoms with E-state index >= 15 is 0 Å². The van der Waals surface area contributed by atoms with Crippen LogP contribution in [0.5, 0.6) is 5.75 Å². The fourth-order valence-corrected chi connectivity index (χ4v) is 6.90. The summed E-state index contributed by atoms with van der Waals surface area (Å²) in [5.41, 5.74) is 6.36. The summed E-state index contributed by atoms with van der Waals surface area (Å²) in [7, 11) is 0. The van der Waals surface area contributed by atoms with Crippen molar-refractivity contribution in [3.05, 3.63) is 62.6 Å². The zero-order valence-electron chi connectivity index (χ0n) is 20.3. The molecule has 4 aliphatic rings. The number of carbonyl (C=O) groups is 2. The zero-order chi connectivity index (χ0) is 25.4. The number of nitrogens with one attached hydrogen (secondary N) is 2. The minimum Gasteiger partial charge on any atom is -0.508 e. The first-order valence-electron chi connectivity index (χ1n) is 12.8. The number of phenolic OH excluding ortho intramolecular Hbond substituents is 1. The smallest absolute Gasteiger partial charge is 0.261 e. The SMILES string of the molecule is CC(NC(=O)c1cc2c([nH]c1=O)C[C@]13CCN(CC4CC4)[C@H](Cc4ccc(O)cc41)[C@]3(O)C2)C(N)=O. The third kappa shape index (κ3) is 3.40. The molecule has 1 unspecified atom stereocenters. The number of nitrogens with zero attached hydrogens (tertiary/aromatic N) is 1. The summed E-state index contributed by atoms with van der Waals surface area (Å²) in [4.78, 5) is 42.4. The van der Waals surface area contributed by atoms with Crippen LogP contribution in [0.4, 0.5) is 0 Å². The highest BCUT2D eigenvalue weighted by molar-refractivity contribution is 5.97. The number of fused-ring (bicyclic) bond motifs is 2. The lowest BCUT2D eigenvalue weighted by molar-refractivity contribution is -0.152. The van der Waals surface area contributed by atoms with E-state index in [1.165, 1.54) is 19.8 Å². The van der Waals surface area contributed by atoms with E-state index in [1.54, 1.807) is 18.2 Å². The van der Waals surface area contributed by atoms with E-state index in [0.717, 1.165) is 29.8 Å². The second-order valence-corrected chi connectivity index (χ2v) is 11.2. The van der Waals surface area contributed by atoms with Gasteiger partial charge in [0.2, 0.25) is 5.91 Å². The van der Waals surface area contributed by atoms with Gasteiger partial charge in [0, 0.05) is 36.5 Å². The normalized spacial score (nSPS) is 29.4. The maximum absolute atomic E-state index is 12.9. The number of hydrogen-bond donors (Lipinski definition) is 5. The molecule has 1 saturated carbocycles. The predicted molar refractivity (Wildman–Crippen MR) is 132 cm³/mol. The Labute approximate surface area is 208 Å². The number of aromatic nitrogens is 1. The molecular weight excluding hydrogens is 460 g/mol. The van der Waals surface area contributed by atoms with Gasteiger partial charge in [-0.1, -0.05) is 6.07 Å². The molecule has 1 aromatic heterocycles. The highest BCUT2D eigenvalue weighted by Crippen LogP contribution is 2.57. The van der Waals surface area contributed by atoms with E-state index in [4.69, 9.17) is 5.73 Å². The van der Waals surface area contributed by atoms with Gasteiger partial charge in [-0.05, 0) is 80.0 Å². The minimum atomic E-state index is -1.12. The minimum absolute atomic E-state index is 0.101. The quantitative estimate of drug-likeness (QED) is 0.410. The molecule has 9 heteroatoms. The van der Waals surface area contributed by atoms with Crippen molar-refractivity contribution >= 4 is 11.8 Å². The van der Waals surface area contributed by atoms with Crippen LogP contribution in [-0.2, 0) is 29.5 Å². The summed E-state index contributed by atoms with van der Waals surface area (Å²) in [6.07, 6.45) is 4.54. The number of carbonyl (C=O) groups excluding carboxylic acids is 2. The Bertz CT molecular complexity index is 1330. The molecular formula is C27H32N4O5. The third-order valence-electron chi connectivity index (χ3n) is 9.03. The van der Waals surface area contributed by atoms with E-state index in [2.05, 4.69) is 15.2 Å². The summed E-state index contributed by atoms with van der Waals surface area (Å²) in [6, 6.07) is 5.99. The van der Waals surface area contributed by atoms with Crippen LogP contribution in [0.15, 0.2) is 29.1 Å². The highest BCUT2D eigenvalue weighted by Gasteiger charge is 2.64. The van der Waals surface area contributed by atoms with E-state index in [-0.39, 0.29) is 23.8 Å². The number of nitrogens with two attached hydrogens (primary N) is 1. The van der Waals surface area contributed by atoms with Crippen molar-refractivity contribution in [3.8, 4) is 5.75 Å². The van der Waals surface area contributed by atoms with Gasteiger partial charge in [-0.2, -0.15) is 0 Å². The average molecular weight is 493 g/mol. The van der Waals surface area contributed by atoms with Crippen molar-refractivity contribution in [1.82, 2.24) is 15.2 Å². The highest BCUT2D eigenvalue weighted by atomic mass is 16.3. The molecule has 2 aromatic rings. The van der Waals surface area contributed by atoms with Crippen molar-refractivity contribution in [2.75, 3.05) is 13.1 Å². The van der Waals surface area contributed by atoms with Crippen LogP contribution in [0.3, 0.4) is 0 Å². The number of aliphatic hydroxyl groups is 1. The van der Waals surface area contributed by atoms with Crippen molar-refractivity contribution < 1.29 is 19.8 Å². The fourth-order valence-electron chi connectivity index (χ4n) is 6.90. The number of amides is 2. The van der Waals surface area contributed by atoms with Crippen molar-refractivity contribution in [2.24, 2.45) is 11.7 Å². The Morgan fingerprint density at radius 1 is 1.25 bits per heavy atom. The second kappa shape index (κ2) is 7.91. The Balaban J connectivity index is 1.45. The molecule has 2 fully saturated rings. The lowest BCUT2D eigenvalue weighted by atomic mass is 9.49. The maximum atomic E-state index is 12.9. The molecule has 1 aromatic carbocycles. The van der Waals surface area contributed by atoms with E-state index in [0.29, 0.717) is 30.9 Å². The number of primary amides is 1. The van der Waals surface area contributed by atoms with Gasteiger partial charge in [0.1, 0.15) is 17.4 Å². The first-order chi connectivity index (χ1) is 17.1. The van der Waals surface area contributed by atoms with Crippen molar-refractivity contribution in [3.63, 3.8) is 0 Å². The van der Waals surface area contributed by atoms with Crippen molar-refractivity contribution in [1.29, 1.82) is 0 Å². The first kappa shape index (κ1) is 23.2. The monoisotopic (exact) mass is 492 g/mol. The van der Waals surface area contributed by atoms with Gasteiger partial charge in [-0.15, -0.1) is 0 Å². The first-order valence-corrected chi connectivity index (χ1v) is 12.8. The maximum Gasteiger partial charge on any atom is 0.261 e. The number of pyridine rings is 1. The third-order valence-corrected chi connectivity index (χ3v) is 9.03. The number of rotatable bonds is 5. The van der Waals surface area contributed by atoms with Crippen LogP contribution < -0.4 is 16.6 Å². The van der Waals surface area contributed by atoms with Crippen LogP contribution in [0.2, 0.25) is 0 Å². The number of likely N-dealkylation sites (tertiary alicyclic amines) is 1. The molecule has 2 amide bonds. The van der Waals surface area contributed by atoms with Gasteiger partial charge in [-0.3, -0.25) is 19.3 Å². The van der Waals surface area contributed by atoms with E-state index < -0.39 is 34.4 Å². The molecule has 6 N–H and O–H groups in total. The Morgan fingerprint density at radius 3 is 2.75 bits per heavy atom. The average Bonchev–Trinajstić information content (AvgIpc) is 3.63. The zero-order valence-corrected chi connectivity index (χ0v) is 20.3. The lowest BCUT2D eigenvalue weighted by Gasteiger charge is -2.63. The van der Waals surface area contributed by atoms with Crippen LogP contribution in [0.25, 0.3) is 0 Å². The summed E-state index contributed by atoms with van der Waals surface area (Å²) in [5, 5.41) is 25.4. The molecule has 3 aliphatic carbocycles. The Kier molecular flexibility index (Phi) is 5.11. The molecule has 4 atom stereocenters. The number of H-pyrrole nitrogens is 1. The molecule has 36 heavy (non-hydrogen) atoms. The lowest BCUT2D eigenvalue weighted by Crippen LogP contribution is -2.74. The van der Waals surface area contributed by atoms with Gasteiger partial charge < -0.3 is 26.2 Å². The van der Waals surface area contributed by atoms with Crippen molar-refractivity contribution in [2.45, 2.75) is 68.5 Å². The molecule has 9 nitrogen and oxygen atoms in total. The number of aromatic hydroxyl groups is 1. The van der Waals surface area contributed by atoms with Gasteiger partial charge in [0.15, 0.2) is 0 Å². The summed E-state index contributed by atoms with van der Waals surface area (Å²) < 4.78 is 0.